The molecule has 1 aromatic carbocycles. The van der Waals surface area contributed by atoms with E-state index in [1.165, 1.54) is 4.31 Å². The van der Waals surface area contributed by atoms with Gasteiger partial charge in [-0.05, 0) is 50.0 Å². The Hall–Kier alpha value is -0.560. The van der Waals surface area contributed by atoms with Crippen molar-refractivity contribution < 1.29 is 8.42 Å². The zero-order valence-electron chi connectivity index (χ0n) is 12.5. The Kier molecular flexibility index (Phi) is 6.51. The number of rotatable bonds is 7. The normalized spacial score (nSPS) is 15.3. The lowest BCUT2D eigenvalue weighted by Crippen LogP contribution is -2.35. The van der Waals surface area contributed by atoms with Crippen LogP contribution >= 0.6 is 11.8 Å². The minimum atomic E-state index is -3.43. The Bertz CT molecular complexity index is 512. The molecule has 2 N–H and O–H groups in total. The number of nitrogens with zero attached hydrogens (tertiary/aromatic N) is 1. The first kappa shape index (κ1) is 17.5. The quantitative estimate of drug-likeness (QED) is 0.839. The molecule has 0 fully saturated rings. The highest BCUT2D eigenvalue weighted by Gasteiger charge is 2.24. The van der Waals surface area contributed by atoms with E-state index in [-0.39, 0.29) is 12.1 Å². The number of hydrogen-bond acceptors (Lipinski definition) is 4. The molecule has 0 aliphatic carbocycles. The summed E-state index contributed by atoms with van der Waals surface area (Å²) in [5.74, 6) is 0.949. The van der Waals surface area contributed by atoms with E-state index in [0.717, 1.165) is 17.7 Å². The molecule has 2 unspecified atom stereocenters. The van der Waals surface area contributed by atoms with Crippen LogP contribution in [0, 0.1) is 0 Å². The van der Waals surface area contributed by atoms with Gasteiger partial charge in [0.2, 0.25) is 10.0 Å². The minimum absolute atomic E-state index is 0.0134. The average molecular weight is 316 g/mol. The van der Waals surface area contributed by atoms with Gasteiger partial charge in [-0.25, -0.2) is 8.42 Å². The van der Waals surface area contributed by atoms with Crippen molar-refractivity contribution in [3.8, 4) is 0 Å². The second kappa shape index (κ2) is 7.45. The van der Waals surface area contributed by atoms with Gasteiger partial charge in [0.05, 0.1) is 4.90 Å². The molecule has 0 aliphatic rings. The maximum Gasteiger partial charge on any atom is 0.243 e. The van der Waals surface area contributed by atoms with Crippen LogP contribution in [0.25, 0.3) is 0 Å². The third-order valence-corrected chi connectivity index (χ3v) is 6.07. The van der Waals surface area contributed by atoms with Gasteiger partial charge in [-0.2, -0.15) is 16.1 Å². The van der Waals surface area contributed by atoms with Gasteiger partial charge in [-0.15, -0.1) is 0 Å². The Morgan fingerprint density at radius 1 is 1.25 bits per heavy atom. The van der Waals surface area contributed by atoms with Gasteiger partial charge in [-0.1, -0.05) is 12.1 Å². The predicted molar refractivity (Wildman–Crippen MR) is 86.5 cm³/mol. The van der Waals surface area contributed by atoms with Crippen molar-refractivity contribution in [1.29, 1.82) is 0 Å². The molecule has 6 heteroatoms. The van der Waals surface area contributed by atoms with Crippen molar-refractivity contribution >= 4 is 21.8 Å². The lowest BCUT2D eigenvalue weighted by molar-refractivity contribution is 0.382. The van der Waals surface area contributed by atoms with Gasteiger partial charge in [-0.3, -0.25) is 0 Å². The van der Waals surface area contributed by atoms with Crippen LogP contribution in [0.5, 0.6) is 0 Å². The molecule has 0 saturated heterocycles. The van der Waals surface area contributed by atoms with Crippen LogP contribution < -0.4 is 5.73 Å². The van der Waals surface area contributed by atoms with E-state index >= 15 is 0 Å². The predicted octanol–water partition coefficient (Wildman–Crippen LogP) is 2.47. The fourth-order valence-corrected chi connectivity index (χ4v) is 3.79. The lowest BCUT2D eigenvalue weighted by atomic mass is 10.1. The van der Waals surface area contributed by atoms with E-state index in [4.69, 9.17) is 5.73 Å². The van der Waals surface area contributed by atoms with Crippen molar-refractivity contribution in [2.45, 2.75) is 37.2 Å². The SMILES string of the molecule is CSCCC(C)N(C)S(=O)(=O)c1ccc(C(C)N)cc1. The molecule has 2 atom stereocenters. The molecule has 4 nitrogen and oxygen atoms in total. The van der Waals surface area contributed by atoms with Crippen LogP contribution in [0.4, 0.5) is 0 Å². The highest BCUT2D eigenvalue weighted by atomic mass is 32.2. The first-order chi connectivity index (χ1) is 9.30. The van der Waals surface area contributed by atoms with Crippen LogP contribution in [0.3, 0.4) is 0 Å². The summed E-state index contributed by atoms with van der Waals surface area (Å²) in [7, 11) is -1.79. The molecule has 0 saturated carbocycles. The zero-order chi connectivity index (χ0) is 15.3. The van der Waals surface area contributed by atoms with E-state index in [1.807, 2.05) is 20.1 Å². The van der Waals surface area contributed by atoms with Gasteiger partial charge < -0.3 is 5.73 Å². The molecular weight excluding hydrogens is 292 g/mol. The summed E-state index contributed by atoms with van der Waals surface area (Å²) in [6.45, 7) is 3.81. The summed E-state index contributed by atoms with van der Waals surface area (Å²) >= 11 is 1.72. The molecule has 0 bridgehead atoms. The Morgan fingerprint density at radius 2 is 1.80 bits per heavy atom. The molecule has 0 radical (unpaired) electrons. The largest absolute Gasteiger partial charge is 0.324 e. The number of thioether (sulfide) groups is 1. The van der Waals surface area contributed by atoms with E-state index in [2.05, 4.69) is 0 Å². The van der Waals surface area contributed by atoms with E-state index in [0.29, 0.717) is 4.90 Å². The average Bonchev–Trinajstić information content (AvgIpc) is 2.43. The van der Waals surface area contributed by atoms with Gasteiger partial charge >= 0.3 is 0 Å². The second-order valence-electron chi connectivity index (χ2n) is 5.01. The second-order valence-corrected chi connectivity index (χ2v) is 7.99. The summed E-state index contributed by atoms with van der Waals surface area (Å²) in [4.78, 5) is 0.320. The molecule has 0 amide bonds. The molecule has 1 rings (SSSR count). The summed E-state index contributed by atoms with van der Waals surface area (Å²) in [5, 5.41) is 0. The molecule has 0 heterocycles. The summed E-state index contributed by atoms with van der Waals surface area (Å²) in [6.07, 6.45) is 2.86. The van der Waals surface area contributed by atoms with Crippen LogP contribution in [0.15, 0.2) is 29.2 Å². The zero-order valence-corrected chi connectivity index (χ0v) is 14.2. The fourth-order valence-electron chi connectivity index (χ4n) is 1.82. The third kappa shape index (κ3) is 4.22. The van der Waals surface area contributed by atoms with Gasteiger partial charge in [0.15, 0.2) is 0 Å². The summed E-state index contributed by atoms with van der Waals surface area (Å²) < 4.78 is 26.5. The van der Waals surface area contributed by atoms with Crippen molar-refractivity contribution in [3.05, 3.63) is 29.8 Å². The molecule has 1 aromatic rings. The van der Waals surface area contributed by atoms with Gasteiger partial charge in [0.25, 0.3) is 0 Å². The topological polar surface area (TPSA) is 63.4 Å². The Morgan fingerprint density at radius 3 is 2.25 bits per heavy atom. The Balaban J connectivity index is 2.92. The van der Waals surface area contributed by atoms with Crippen molar-refractivity contribution in [2.75, 3.05) is 19.1 Å². The first-order valence-electron chi connectivity index (χ1n) is 6.63. The summed E-state index contributed by atoms with van der Waals surface area (Å²) in [6, 6.07) is 6.71. The minimum Gasteiger partial charge on any atom is -0.324 e. The fraction of sp³-hybridized carbons (Fsp3) is 0.571. The van der Waals surface area contributed by atoms with Crippen LogP contribution in [0.1, 0.15) is 31.9 Å². The molecule has 0 spiro atoms. The lowest BCUT2D eigenvalue weighted by Gasteiger charge is -2.24. The number of nitrogens with two attached hydrogens (primary N) is 1. The van der Waals surface area contributed by atoms with Gasteiger partial charge in [0, 0.05) is 19.1 Å². The standard InChI is InChI=1S/C14H24N2O2S2/c1-11(9-10-19-4)16(3)20(17,18)14-7-5-13(6-8-14)12(2)15/h5-8,11-12H,9-10,15H2,1-4H3. The van der Waals surface area contributed by atoms with E-state index < -0.39 is 10.0 Å². The van der Waals surface area contributed by atoms with E-state index in [9.17, 15) is 8.42 Å². The number of sulfonamides is 1. The van der Waals surface area contributed by atoms with Crippen molar-refractivity contribution in [2.24, 2.45) is 5.73 Å². The molecule has 0 aliphatic heterocycles. The highest BCUT2D eigenvalue weighted by molar-refractivity contribution is 7.98. The number of hydrogen-bond donors (Lipinski definition) is 1. The molecule has 0 aromatic heterocycles. The maximum atomic E-state index is 12.5. The maximum absolute atomic E-state index is 12.5. The monoisotopic (exact) mass is 316 g/mol. The third-order valence-electron chi connectivity index (χ3n) is 3.44. The molecule has 20 heavy (non-hydrogen) atoms. The number of benzene rings is 1. The van der Waals surface area contributed by atoms with Crippen LogP contribution in [-0.4, -0.2) is 37.8 Å². The van der Waals surface area contributed by atoms with Crippen molar-refractivity contribution in [3.63, 3.8) is 0 Å². The van der Waals surface area contributed by atoms with Crippen LogP contribution in [-0.2, 0) is 10.0 Å². The van der Waals surface area contributed by atoms with Crippen LogP contribution in [0.2, 0.25) is 0 Å². The molecule has 114 valence electrons. The van der Waals surface area contributed by atoms with E-state index in [1.54, 1.807) is 43.1 Å². The smallest absolute Gasteiger partial charge is 0.243 e. The summed E-state index contributed by atoms with van der Waals surface area (Å²) in [5.41, 5.74) is 6.71. The first-order valence-corrected chi connectivity index (χ1v) is 9.46. The highest BCUT2D eigenvalue weighted by Crippen LogP contribution is 2.20. The van der Waals surface area contributed by atoms with Gasteiger partial charge in [0.1, 0.15) is 0 Å². The van der Waals surface area contributed by atoms with Crippen molar-refractivity contribution in [1.82, 2.24) is 4.31 Å². The Labute approximate surface area is 126 Å². The molecular formula is C14H24N2O2S2.